The van der Waals surface area contributed by atoms with Crippen LogP contribution in [-0.4, -0.2) is 22.6 Å². The van der Waals surface area contributed by atoms with Crippen LogP contribution in [0.5, 0.6) is 0 Å². The number of hydrogen-bond acceptors (Lipinski definition) is 5. The molecule has 0 fully saturated rings. The van der Waals surface area contributed by atoms with Crippen LogP contribution in [0.2, 0.25) is 0 Å². The number of nitrogen functional groups attached to an aromatic ring is 1. The molecular weight excluding hydrogens is 194 g/mol. The number of nitrogens with one attached hydrogen (secondary N) is 2. The second-order valence-electron chi connectivity index (χ2n) is 3.36. The highest BCUT2D eigenvalue weighted by Crippen LogP contribution is 2.10. The number of nitrogens with zero attached hydrogens (tertiary/aromatic N) is 1. The number of nitrogens with two attached hydrogens (primary N) is 2. The van der Waals surface area contributed by atoms with E-state index in [4.69, 9.17) is 11.5 Å². The molecule has 0 aromatic carbocycles. The molecule has 0 aliphatic carbocycles. The molecule has 6 heteroatoms. The van der Waals surface area contributed by atoms with Gasteiger partial charge in [-0.25, -0.2) is 4.98 Å². The fraction of sp³-hybridized carbons (Fsp3) is 0.556. The number of aromatic amines is 1. The SMILES string of the molecule is CCCC(CN)Nc1nc[nH]c(=O)c1N. The van der Waals surface area contributed by atoms with Crippen LogP contribution >= 0.6 is 0 Å². The molecule has 0 bridgehead atoms. The quantitative estimate of drug-likeness (QED) is 0.543. The summed E-state index contributed by atoms with van der Waals surface area (Å²) in [6.45, 7) is 2.56. The van der Waals surface area contributed by atoms with Gasteiger partial charge in [-0.15, -0.1) is 0 Å². The number of rotatable bonds is 5. The number of hydrogen-bond donors (Lipinski definition) is 4. The lowest BCUT2D eigenvalue weighted by molar-refractivity contribution is 0.646. The summed E-state index contributed by atoms with van der Waals surface area (Å²) in [5, 5.41) is 3.06. The average molecular weight is 211 g/mol. The van der Waals surface area contributed by atoms with E-state index in [0.717, 1.165) is 12.8 Å². The van der Waals surface area contributed by atoms with E-state index < -0.39 is 0 Å². The van der Waals surface area contributed by atoms with E-state index in [1.165, 1.54) is 6.33 Å². The molecule has 1 atom stereocenters. The Balaban J connectivity index is 2.79. The zero-order chi connectivity index (χ0) is 11.3. The van der Waals surface area contributed by atoms with Crippen molar-refractivity contribution in [2.45, 2.75) is 25.8 Å². The summed E-state index contributed by atoms with van der Waals surface area (Å²) < 4.78 is 0. The van der Waals surface area contributed by atoms with Gasteiger partial charge in [0.2, 0.25) is 0 Å². The van der Waals surface area contributed by atoms with Gasteiger partial charge in [0.15, 0.2) is 5.82 Å². The van der Waals surface area contributed by atoms with Crippen LogP contribution in [0.3, 0.4) is 0 Å². The van der Waals surface area contributed by atoms with Crippen LogP contribution < -0.4 is 22.3 Å². The van der Waals surface area contributed by atoms with Gasteiger partial charge in [0.1, 0.15) is 5.69 Å². The molecule has 1 aromatic heterocycles. The van der Waals surface area contributed by atoms with Gasteiger partial charge in [-0.2, -0.15) is 0 Å². The maximum Gasteiger partial charge on any atom is 0.276 e. The summed E-state index contributed by atoms with van der Waals surface area (Å²) in [5.74, 6) is 0.405. The third-order valence-electron chi connectivity index (χ3n) is 2.15. The molecule has 1 heterocycles. The first-order valence-corrected chi connectivity index (χ1v) is 4.98. The van der Waals surface area contributed by atoms with Gasteiger partial charge in [0.25, 0.3) is 5.56 Å². The summed E-state index contributed by atoms with van der Waals surface area (Å²) in [7, 11) is 0. The first kappa shape index (κ1) is 11.5. The van der Waals surface area contributed by atoms with Crippen LogP contribution in [-0.2, 0) is 0 Å². The summed E-state index contributed by atoms with van der Waals surface area (Å²) in [6.07, 6.45) is 3.25. The van der Waals surface area contributed by atoms with Gasteiger partial charge in [0.05, 0.1) is 6.33 Å². The van der Waals surface area contributed by atoms with E-state index in [1.54, 1.807) is 0 Å². The van der Waals surface area contributed by atoms with Crippen molar-refractivity contribution in [3.05, 3.63) is 16.7 Å². The lowest BCUT2D eigenvalue weighted by atomic mass is 10.1. The van der Waals surface area contributed by atoms with Crippen molar-refractivity contribution in [2.24, 2.45) is 5.73 Å². The molecule has 1 unspecified atom stereocenters. The fourth-order valence-electron chi connectivity index (χ4n) is 1.32. The Labute approximate surface area is 88.1 Å². The predicted octanol–water partition coefficient (Wildman–Crippen LogP) is -0.109. The zero-order valence-corrected chi connectivity index (χ0v) is 8.79. The molecular formula is C9H17N5O. The van der Waals surface area contributed by atoms with Crippen LogP contribution in [0, 0.1) is 0 Å². The summed E-state index contributed by atoms with van der Waals surface area (Å²) >= 11 is 0. The molecule has 0 saturated carbocycles. The minimum absolute atomic E-state index is 0.103. The van der Waals surface area contributed by atoms with Gasteiger partial charge in [-0.05, 0) is 6.42 Å². The molecule has 0 aliphatic heterocycles. The highest BCUT2D eigenvalue weighted by Gasteiger charge is 2.09. The molecule has 6 N–H and O–H groups in total. The van der Waals surface area contributed by atoms with E-state index >= 15 is 0 Å². The van der Waals surface area contributed by atoms with Crippen molar-refractivity contribution >= 4 is 11.5 Å². The number of H-pyrrole nitrogens is 1. The lowest BCUT2D eigenvalue weighted by Gasteiger charge is -2.16. The Morgan fingerprint density at radius 1 is 1.67 bits per heavy atom. The molecule has 0 spiro atoms. The third-order valence-corrected chi connectivity index (χ3v) is 2.15. The Morgan fingerprint density at radius 2 is 2.40 bits per heavy atom. The van der Waals surface area contributed by atoms with E-state index in [0.29, 0.717) is 12.4 Å². The Hall–Kier alpha value is -1.56. The first-order chi connectivity index (χ1) is 7.19. The molecule has 84 valence electrons. The monoisotopic (exact) mass is 211 g/mol. The second kappa shape index (κ2) is 5.35. The molecule has 15 heavy (non-hydrogen) atoms. The predicted molar refractivity (Wildman–Crippen MR) is 60.6 cm³/mol. The second-order valence-corrected chi connectivity index (χ2v) is 3.36. The van der Waals surface area contributed by atoms with Crippen LogP contribution in [0.1, 0.15) is 19.8 Å². The Bertz CT molecular complexity index is 362. The topological polar surface area (TPSA) is 110 Å². The van der Waals surface area contributed by atoms with E-state index in [-0.39, 0.29) is 17.3 Å². The lowest BCUT2D eigenvalue weighted by Crippen LogP contribution is -2.30. The van der Waals surface area contributed by atoms with Gasteiger partial charge >= 0.3 is 0 Å². The van der Waals surface area contributed by atoms with Gasteiger partial charge < -0.3 is 21.8 Å². The maximum atomic E-state index is 11.2. The van der Waals surface area contributed by atoms with Gasteiger partial charge in [0, 0.05) is 12.6 Å². The number of anilines is 2. The Kier molecular flexibility index (Phi) is 4.11. The van der Waals surface area contributed by atoms with E-state index in [1.807, 2.05) is 0 Å². The Morgan fingerprint density at radius 3 is 3.00 bits per heavy atom. The zero-order valence-electron chi connectivity index (χ0n) is 8.79. The summed E-state index contributed by atoms with van der Waals surface area (Å²) in [4.78, 5) is 17.5. The largest absolute Gasteiger partial charge is 0.391 e. The average Bonchev–Trinajstić information content (AvgIpc) is 2.24. The molecule has 6 nitrogen and oxygen atoms in total. The van der Waals surface area contributed by atoms with Crippen molar-refractivity contribution in [3.8, 4) is 0 Å². The highest BCUT2D eigenvalue weighted by atomic mass is 16.1. The van der Waals surface area contributed by atoms with E-state index in [2.05, 4.69) is 22.2 Å². The highest BCUT2D eigenvalue weighted by molar-refractivity contribution is 5.59. The minimum atomic E-state index is -0.334. The van der Waals surface area contributed by atoms with Crippen molar-refractivity contribution in [1.82, 2.24) is 9.97 Å². The van der Waals surface area contributed by atoms with Crippen molar-refractivity contribution in [1.29, 1.82) is 0 Å². The molecule has 0 saturated heterocycles. The standard InChI is InChI=1S/C9H17N5O/c1-2-3-6(4-10)14-8-7(11)9(15)13-5-12-8/h5-6H,2-4,10-11H2,1H3,(H2,12,13,14,15). The molecule has 0 amide bonds. The van der Waals surface area contributed by atoms with Gasteiger partial charge in [-0.3, -0.25) is 4.79 Å². The van der Waals surface area contributed by atoms with E-state index in [9.17, 15) is 4.79 Å². The molecule has 1 aromatic rings. The first-order valence-electron chi connectivity index (χ1n) is 4.98. The van der Waals surface area contributed by atoms with Crippen LogP contribution in [0.25, 0.3) is 0 Å². The summed E-state index contributed by atoms with van der Waals surface area (Å²) in [6, 6.07) is 0.103. The summed E-state index contributed by atoms with van der Waals surface area (Å²) in [5.41, 5.74) is 10.9. The van der Waals surface area contributed by atoms with Crippen molar-refractivity contribution < 1.29 is 0 Å². The molecule has 0 aliphatic rings. The fourth-order valence-corrected chi connectivity index (χ4v) is 1.32. The van der Waals surface area contributed by atoms with Crippen LogP contribution in [0.4, 0.5) is 11.5 Å². The number of aromatic nitrogens is 2. The molecule has 0 radical (unpaired) electrons. The minimum Gasteiger partial charge on any atom is -0.391 e. The van der Waals surface area contributed by atoms with Crippen LogP contribution in [0.15, 0.2) is 11.1 Å². The van der Waals surface area contributed by atoms with Crippen molar-refractivity contribution in [3.63, 3.8) is 0 Å². The van der Waals surface area contributed by atoms with Crippen molar-refractivity contribution in [2.75, 3.05) is 17.6 Å². The normalized spacial score (nSPS) is 12.4. The third kappa shape index (κ3) is 2.95. The maximum absolute atomic E-state index is 11.2. The smallest absolute Gasteiger partial charge is 0.276 e. The molecule has 1 rings (SSSR count). The van der Waals surface area contributed by atoms with Gasteiger partial charge in [-0.1, -0.05) is 13.3 Å².